The molecule has 1 atom stereocenters. The number of aryl methyl sites for hydroxylation is 2. The number of benzene rings is 1. The summed E-state index contributed by atoms with van der Waals surface area (Å²) in [6, 6.07) is 5.35. The van der Waals surface area contributed by atoms with E-state index in [2.05, 4.69) is 10.6 Å². The number of likely N-dealkylation sites (tertiary alicyclic amines) is 1. The number of carbonyl (C=O) groups is 2. The van der Waals surface area contributed by atoms with Gasteiger partial charge in [0.2, 0.25) is 0 Å². The zero-order valence-corrected chi connectivity index (χ0v) is 16.5. The Morgan fingerprint density at radius 3 is 2.67 bits per heavy atom. The maximum atomic E-state index is 12.9. The van der Waals surface area contributed by atoms with Crippen molar-refractivity contribution in [2.75, 3.05) is 26.2 Å². The number of quaternary nitrogens is 1. The lowest BCUT2D eigenvalue weighted by Gasteiger charge is -2.32. The summed E-state index contributed by atoms with van der Waals surface area (Å²) in [5.74, 6) is -0.359. The number of ether oxygens (including phenoxy) is 1. The predicted molar refractivity (Wildman–Crippen MR) is 103 cm³/mol. The molecule has 3 rings (SSSR count). The Kier molecular flexibility index (Phi) is 6.16. The molecule has 1 aromatic carbocycles. The Bertz CT molecular complexity index is 751. The summed E-state index contributed by atoms with van der Waals surface area (Å²) in [5, 5.41) is 5.83. The van der Waals surface area contributed by atoms with Gasteiger partial charge >= 0.3 is 12.0 Å². The van der Waals surface area contributed by atoms with Crippen molar-refractivity contribution in [3.05, 3.63) is 46.2 Å². The van der Waals surface area contributed by atoms with Gasteiger partial charge in [-0.1, -0.05) is 23.8 Å². The van der Waals surface area contributed by atoms with E-state index in [9.17, 15) is 9.59 Å². The molecule has 0 radical (unpaired) electrons. The lowest BCUT2D eigenvalue weighted by atomic mass is 9.90. The van der Waals surface area contributed by atoms with Gasteiger partial charge in [-0.25, -0.2) is 9.59 Å². The molecule has 0 bridgehead atoms. The van der Waals surface area contributed by atoms with Crippen LogP contribution in [0.25, 0.3) is 0 Å². The number of urea groups is 1. The van der Waals surface area contributed by atoms with E-state index in [1.54, 1.807) is 6.92 Å². The largest absolute Gasteiger partial charge is 0.463 e. The molecule has 1 saturated heterocycles. The lowest BCUT2D eigenvalue weighted by molar-refractivity contribution is -0.900. The Morgan fingerprint density at radius 2 is 1.96 bits per heavy atom. The number of amides is 2. The zero-order chi connectivity index (χ0) is 19.4. The zero-order valence-electron chi connectivity index (χ0n) is 16.5. The topological polar surface area (TPSA) is 71.9 Å². The van der Waals surface area contributed by atoms with E-state index in [0.29, 0.717) is 24.4 Å². The Hall–Kier alpha value is -2.34. The molecule has 1 fully saturated rings. The average Bonchev–Trinajstić information content (AvgIpc) is 2.64. The molecule has 0 unspecified atom stereocenters. The lowest BCUT2D eigenvalue weighted by Crippen LogP contribution is -3.13. The summed E-state index contributed by atoms with van der Waals surface area (Å²) >= 11 is 0. The van der Waals surface area contributed by atoms with Gasteiger partial charge < -0.3 is 20.3 Å². The summed E-state index contributed by atoms with van der Waals surface area (Å²) in [4.78, 5) is 26.7. The first kappa shape index (κ1) is 19.4. The van der Waals surface area contributed by atoms with E-state index in [1.165, 1.54) is 24.2 Å². The van der Waals surface area contributed by atoms with Gasteiger partial charge in [-0.3, -0.25) is 0 Å². The molecule has 2 aliphatic heterocycles. The summed E-state index contributed by atoms with van der Waals surface area (Å²) in [6.45, 7) is 8.89. The van der Waals surface area contributed by atoms with Crippen LogP contribution in [0.3, 0.4) is 0 Å². The van der Waals surface area contributed by atoms with Crippen molar-refractivity contribution in [2.45, 2.75) is 46.1 Å². The molecular weight excluding hydrogens is 342 g/mol. The van der Waals surface area contributed by atoms with Gasteiger partial charge in [-0.2, -0.15) is 0 Å². The van der Waals surface area contributed by atoms with E-state index in [4.69, 9.17) is 4.74 Å². The molecule has 1 aromatic rings. The number of hydrogen-bond donors (Lipinski definition) is 3. The normalized spacial score (nSPS) is 20.9. The highest BCUT2D eigenvalue weighted by molar-refractivity contribution is 5.95. The maximum absolute atomic E-state index is 12.9. The summed E-state index contributed by atoms with van der Waals surface area (Å²) in [5.41, 5.74) is 4.30. The predicted octanol–water partition coefficient (Wildman–Crippen LogP) is 1.54. The van der Waals surface area contributed by atoms with Crippen LogP contribution < -0.4 is 15.5 Å². The maximum Gasteiger partial charge on any atom is 0.338 e. The molecule has 2 aliphatic rings. The molecule has 146 valence electrons. The van der Waals surface area contributed by atoms with Crippen LogP contribution in [0.2, 0.25) is 0 Å². The van der Waals surface area contributed by atoms with Crippen molar-refractivity contribution < 1.29 is 19.2 Å². The molecular formula is C21H30N3O3+. The fourth-order valence-electron chi connectivity index (χ4n) is 3.99. The van der Waals surface area contributed by atoms with Crippen LogP contribution in [0.1, 0.15) is 48.9 Å². The molecule has 3 N–H and O–H groups in total. The van der Waals surface area contributed by atoms with Crippen molar-refractivity contribution >= 4 is 12.0 Å². The SMILES string of the molecule is CCOC(=O)C1=C(C[NH+]2CCCCC2)NC(=O)N[C@@H]1c1cc(C)ccc1C. The molecule has 6 heteroatoms. The quantitative estimate of drug-likeness (QED) is 0.687. The highest BCUT2D eigenvalue weighted by Crippen LogP contribution is 2.30. The fraction of sp³-hybridized carbons (Fsp3) is 0.524. The summed E-state index contributed by atoms with van der Waals surface area (Å²) in [6.07, 6.45) is 3.63. The van der Waals surface area contributed by atoms with Gasteiger partial charge in [-0.15, -0.1) is 0 Å². The number of nitrogens with one attached hydrogen (secondary N) is 3. The third-order valence-electron chi connectivity index (χ3n) is 5.38. The molecule has 0 spiro atoms. The first-order valence-corrected chi connectivity index (χ1v) is 9.88. The second-order valence-corrected chi connectivity index (χ2v) is 7.49. The van der Waals surface area contributed by atoms with Crippen LogP contribution >= 0.6 is 0 Å². The fourth-order valence-corrected chi connectivity index (χ4v) is 3.99. The standard InChI is InChI=1S/C21H29N3O3/c1-4-27-20(25)18-17(13-24-10-6-5-7-11-24)22-21(26)23-19(18)16-12-14(2)8-9-15(16)3/h8-9,12,19H,4-7,10-11,13H2,1-3H3,(H2,22,23,26)/p+1/t19-/m1/s1. The summed E-state index contributed by atoms with van der Waals surface area (Å²) in [7, 11) is 0. The molecule has 0 aliphatic carbocycles. The number of esters is 1. The van der Waals surface area contributed by atoms with Crippen LogP contribution in [-0.2, 0) is 9.53 Å². The second-order valence-electron chi connectivity index (χ2n) is 7.49. The second kappa shape index (κ2) is 8.57. The van der Waals surface area contributed by atoms with E-state index in [1.807, 2.05) is 32.0 Å². The molecule has 0 saturated carbocycles. The van der Waals surface area contributed by atoms with Crippen LogP contribution in [0.5, 0.6) is 0 Å². The van der Waals surface area contributed by atoms with E-state index in [-0.39, 0.29) is 12.0 Å². The highest BCUT2D eigenvalue weighted by atomic mass is 16.5. The molecule has 2 amide bonds. The van der Waals surface area contributed by atoms with Gasteiger partial charge in [0.05, 0.1) is 37.0 Å². The van der Waals surface area contributed by atoms with Crippen molar-refractivity contribution in [3.63, 3.8) is 0 Å². The van der Waals surface area contributed by atoms with E-state index < -0.39 is 6.04 Å². The van der Waals surface area contributed by atoms with Crippen LogP contribution in [0.4, 0.5) is 4.79 Å². The van der Waals surface area contributed by atoms with Gasteiger partial charge in [0.1, 0.15) is 6.54 Å². The van der Waals surface area contributed by atoms with Crippen molar-refractivity contribution in [2.24, 2.45) is 0 Å². The minimum atomic E-state index is -0.489. The van der Waals surface area contributed by atoms with Crippen LogP contribution in [0.15, 0.2) is 29.5 Å². The third-order valence-corrected chi connectivity index (χ3v) is 5.38. The first-order valence-electron chi connectivity index (χ1n) is 9.88. The van der Waals surface area contributed by atoms with Crippen molar-refractivity contribution in [1.82, 2.24) is 10.6 Å². The number of rotatable bonds is 5. The number of carbonyl (C=O) groups excluding carboxylic acids is 2. The molecule has 6 nitrogen and oxygen atoms in total. The van der Waals surface area contributed by atoms with Crippen molar-refractivity contribution in [3.8, 4) is 0 Å². The van der Waals surface area contributed by atoms with Crippen LogP contribution in [-0.4, -0.2) is 38.2 Å². The van der Waals surface area contributed by atoms with Gasteiger partial charge in [0.25, 0.3) is 0 Å². The smallest absolute Gasteiger partial charge is 0.338 e. The van der Waals surface area contributed by atoms with Gasteiger partial charge in [0, 0.05) is 0 Å². The molecule has 27 heavy (non-hydrogen) atoms. The molecule has 2 heterocycles. The minimum absolute atomic E-state index is 0.264. The van der Waals surface area contributed by atoms with Crippen molar-refractivity contribution in [1.29, 1.82) is 0 Å². The molecule has 0 aromatic heterocycles. The Balaban J connectivity index is 2.03. The monoisotopic (exact) mass is 372 g/mol. The van der Waals surface area contributed by atoms with Crippen LogP contribution in [0, 0.1) is 13.8 Å². The van der Waals surface area contributed by atoms with Gasteiger partial charge in [0.15, 0.2) is 0 Å². The highest BCUT2D eigenvalue weighted by Gasteiger charge is 2.36. The Morgan fingerprint density at radius 1 is 1.22 bits per heavy atom. The summed E-state index contributed by atoms with van der Waals surface area (Å²) < 4.78 is 5.36. The van der Waals surface area contributed by atoms with E-state index >= 15 is 0 Å². The third kappa shape index (κ3) is 4.50. The Labute approximate surface area is 161 Å². The first-order chi connectivity index (χ1) is 13.0. The average molecular weight is 372 g/mol. The van der Waals surface area contributed by atoms with E-state index in [0.717, 1.165) is 29.8 Å². The van der Waals surface area contributed by atoms with Gasteiger partial charge in [-0.05, 0) is 51.2 Å². The number of piperidine rings is 1. The minimum Gasteiger partial charge on any atom is -0.463 e. The number of hydrogen-bond acceptors (Lipinski definition) is 3.